The third kappa shape index (κ3) is 5.00. The summed E-state index contributed by atoms with van der Waals surface area (Å²) in [6.45, 7) is 5.74. The van der Waals surface area contributed by atoms with Gasteiger partial charge in [-0.3, -0.25) is 4.90 Å². The number of nitrogens with zero attached hydrogens (tertiary/aromatic N) is 6. The lowest BCUT2D eigenvalue weighted by atomic mass is 10.2. The van der Waals surface area contributed by atoms with Crippen molar-refractivity contribution < 1.29 is 8.78 Å². The van der Waals surface area contributed by atoms with E-state index in [1.165, 1.54) is 12.1 Å². The van der Waals surface area contributed by atoms with Gasteiger partial charge < -0.3 is 10.6 Å². The Hall–Kier alpha value is -3.04. The first-order valence-corrected chi connectivity index (χ1v) is 10.2. The average Bonchev–Trinajstić information content (AvgIpc) is 3.07. The van der Waals surface area contributed by atoms with Gasteiger partial charge in [-0.2, -0.15) is 10.1 Å². The second-order valence-corrected chi connectivity index (χ2v) is 7.71. The molecule has 0 atom stereocenters. The van der Waals surface area contributed by atoms with Crippen molar-refractivity contribution >= 4 is 29.3 Å². The summed E-state index contributed by atoms with van der Waals surface area (Å²) in [5.74, 6) is -0.499. The molecule has 31 heavy (non-hydrogen) atoms. The predicted octanol–water partition coefficient (Wildman–Crippen LogP) is 3.32. The van der Waals surface area contributed by atoms with E-state index >= 15 is 0 Å². The highest BCUT2D eigenvalue weighted by molar-refractivity contribution is 6.29. The SMILES string of the molecule is Cc1c(C=CCN2CCN(c3cc(F)cc(F)c3)CC2)cnn1-c1cc(Cl)nc(N)n1. The highest BCUT2D eigenvalue weighted by atomic mass is 35.5. The quantitative estimate of drug-likeness (QED) is 0.607. The van der Waals surface area contributed by atoms with Gasteiger partial charge in [-0.1, -0.05) is 23.8 Å². The number of anilines is 2. The first-order chi connectivity index (χ1) is 14.9. The van der Waals surface area contributed by atoms with Crippen molar-refractivity contribution in [2.24, 2.45) is 0 Å². The fourth-order valence-corrected chi connectivity index (χ4v) is 3.77. The zero-order valence-electron chi connectivity index (χ0n) is 17.0. The Labute approximate surface area is 183 Å². The van der Waals surface area contributed by atoms with E-state index in [2.05, 4.69) is 26.0 Å². The van der Waals surface area contributed by atoms with E-state index in [1.807, 2.05) is 17.9 Å². The van der Waals surface area contributed by atoms with Gasteiger partial charge in [0.1, 0.15) is 16.8 Å². The summed E-state index contributed by atoms with van der Waals surface area (Å²) in [7, 11) is 0. The molecule has 0 radical (unpaired) electrons. The van der Waals surface area contributed by atoms with E-state index in [0.717, 1.165) is 37.0 Å². The Morgan fingerprint density at radius 3 is 2.45 bits per heavy atom. The Morgan fingerprint density at radius 2 is 1.77 bits per heavy atom. The summed E-state index contributed by atoms with van der Waals surface area (Å²) in [5.41, 5.74) is 8.12. The molecule has 2 aromatic heterocycles. The molecule has 1 aromatic carbocycles. The number of piperazine rings is 1. The minimum Gasteiger partial charge on any atom is -0.369 e. The molecule has 0 saturated carbocycles. The maximum absolute atomic E-state index is 13.5. The maximum Gasteiger partial charge on any atom is 0.223 e. The molecule has 0 spiro atoms. The molecule has 10 heteroatoms. The van der Waals surface area contributed by atoms with Crippen LogP contribution >= 0.6 is 11.6 Å². The summed E-state index contributed by atoms with van der Waals surface area (Å²) < 4.78 is 28.6. The number of hydrogen-bond acceptors (Lipinski definition) is 6. The van der Waals surface area contributed by atoms with Crippen LogP contribution in [0.15, 0.2) is 36.5 Å². The zero-order chi connectivity index (χ0) is 22.0. The molecule has 0 unspecified atom stereocenters. The molecule has 1 saturated heterocycles. The maximum atomic E-state index is 13.5. The number of aromatic nitrogens is 4. The van der Waals surface area contributed by atoms with Crippen LogP contribution in [-0.2, 0) is 0 Å². The second kappa shape index (κ2) is 8.99. The van der Waals surface area contributed by atoms with Gasteiger partial charge >= 0.3 is 0 Å². The largest absolute Gasteiger partial charge is 0.369 e. The molecule has 1 aliphatic rings. The second-order valence-electron chi connectivity index (χ2n) is 7.32. The van der Waals surface area contributed by atoms with Gasteiger partial charge in [0.2, 0.25) is 5.95 Å². The van der Waals surface area contributed by atoms with Crippen molar-refractivity contribution in [3.63, 3.8) is 0 Å². The van der Waals surface area contributed by atoms with Crippen LogP contribution in [0.4, 0.5) is 20.4 Å². The van der Waals surface area contributed by atoms with Crippen LogP contribution in [0.25, 0.3) is 11.9 Å². The number of nitrogen functional groups attached to an aromatic ring is 1. The Kier molecular flexibility index (Phi) is 6.15. The van der Waals surface area contributed by atoms with E-state index in [-0.39, 0.29) is 11.1 Å². The molecule has 162 valence electrons. The molecule has 0 aliphatic carbocycles. The molecule has 3 aromatic rings. The molecule has 2 N–H and O–H groups in total. The van der Waals surface area contributed by atoms with Gasteiger partial charge in [0, 0.05) is 56.1 Å². The van der Waals surface area contributed by atoms with Crippen LogP contribution in [0.3, 0.4) is 0 Å². The van der Waals surface area contributed by atoms with Crippen molar-refractivity contribution in [1.29, 1.82) is 0 Å². The number of benzene rings is 1. The molecule has 1 fully saturated rings. The summed E-state index contributed by atoms with van der Waals surface area (Å²) in [5, 5.41) is 4.63. The van der Waals surface area contributed by atoms with E-state index in [9.17, 15) is 8.78 Å². The van der Waals surface area contributed by atoms with Gasteiger partial charge in [0.05, 0.1) is 11.9 Å². The number of nitrogens with two attached hydrogens (primary N) is 1. The molecule has 0 bridgehead atoms. The van der Waals surface area contributed by atoms with Gasteiger partial charge in [-0.25, -0.2) is 18.4 Å². The van der Waals surface area contributed by atoms with Gasteiger partial charge in [0.15, 0.2) is 5.82 Å². The normalized spacial score (nSPS) is 15.2. The van der Waals surface area contributed by atoms with E-state index < -0.39 is 11.6 Å². The standard InChI is InChI=1S/C21H22ClF2N7/c1-14-15(13-26-31(14)20-12-19(22)27-21(25)28-20)3-2-4-29-5-7-30(8-6-29)18-10-16(23)9-17(24)11-18/h2-3,9-13H,4-8H2,1H3,(H2,25,27,28). The van der Waals surface area contributed by atoms with Crippen LogP contribution in [-0.4, -0.2) is 57.4 Å². The molecule has 7 nitrogen and oxygen atoms in total. The lowest BCUT2D eigenvalue weighted by Crippen LogP contribution is -2.46. The Morgan fingerprint density at radius 1 is 1.06 bits per heavy atom. The highest BCUT2D eigenvalue weighted by Crippen LogP contribution is 2.20. The van der Waals surface area contributed by atoms with Crippen LogP contribution in [0.1, 0.15) is 11.3 Å². The first kappa shape index (κ1) is 21.2. The van der Waals surface area contributed by atoms with Crippen molar-refractivity contribution in [1.82, 2.24) is 24.6 Å². The number of halogens is 3. The molecular weight excluding hydrogens is 424 g/mol. The number of hydrogen-bond donors (Lipinski definition) is 1. The summed E-state index contributed by atoms with van der Waals surface area (Å²) in [4.78, 5) is 12.3. The Balaban J connectivity index is 1.35. The monoisotopic (exact) mass is 445 g/mol. The molecule has 4 rings (SSSR count). The fraction of sp³-hybridized carbons (Fsp3) is 0.286. The molecule has 1 aliphatic heterocycles. The molecule has 3 heterocycles. The number of rotatable bonds is 5. The summed E-state index contributed by atoms with van der Waals surface area (Å²) in [6, 6.07) is 5.24. The predicted molar refractivity (Wildman–Crippen MR) is 117 cm³/mol. The van der Waals surface area contributed by atoms with Gasteiger partial charge in [-0.15, -0.1) is 0 Å². The van der Waals surface area contributed by atoms with Crippen molar-refractivity contribution in [3.05, 3.63) is 64.6 Å². The lowest BCUT2D eigenvalue weighted by molar-refractivity contribution is 0.284. The van der Waals surface area contributed by atoms with Crippen LogP contribution in [0, 0.1) is 18.6 Å². The van der Waals surface area contributed by atoms with Crippen molar-refractivity contribution in [2.75, 3.05) is 43.4 Å². The van der Waals surface area contributed by atoms with Crippen LogP contribution in [0.5, 0.6) is 0 Å². The lowest BCUT2D eigenvalue weighted by Gasteiger charge is -2.35. The Bertz CT molecular complexity index is 1070. The third-order valence-electron chi connectivity index (χ3n) is 5.21. The summed E-state index contributed by atoms with van der Waals surface area (Å²) >= 11 is 5.96. The smallest absolute Gasteiger partial charge is 0.223 e. The van der Waals surface area contributed by atoms with Crippen LogP contribution < -0.4 is 10.6 Å². The van der Waals surface area contributed by atoms with Gasteiger partial charge in [0.25, 0.3) is 0 Å². The minimum atomic E-state index is -0.553. The van der Waals surface area contributed by atoms with Crippen molar-refractivity contribution in [2.45, 2.75) is 6.92 Å². The topological polar surface area (TPSA) is 76.1 Å². The van der Waals surface area contributed by atoms with E-state index in [4.69, 9.17) is 17.3 Å². The van der Waals surface area contributed by atoms with Crippen molar-refractivity contribution in [3.8, 4) is 5.82 Å². The van der Waals surface area contributed by atoms with Gasteiger partial charge in [-0.05, 0) is 19.1 Å². The average molecular weight is 446 g/mol. The molecule has 0 amide bonds. The third-order valence-corrected chi connectivity index (χ3v) is 5.40. The highest BCUT2D eigenvalue weighted by Gasteiger charge is 2.17. The summed E-state index contributed by atoms with van der Waals surface area (Å²) in [6.07, 6.45) is 5.85. The van der Waals surface area contributed by atoms with E-state index in [0.29, 0.717) is 24.6 Å². The first-order valence-electron chi connectivity index (χ1n) is 9.84. The molecular formula is C21H22ClF2N7. The van der Waals surface area contributed by atoms with E-state index in [1.54, 1.807) is 16.9 Å². The minimum absolute atomic E-state index is 0.0922. The fourth-order valence-electron chi connectivity index (χ4n) is 3.59. The zero-order valence-corrected chi connectivity index (χ0v) is 17.7. The van der Waals surface area contributed by atoms with Crippen LogP contribution in [0.2, 0.25) is 5.15 Å².